The first kappa shape index (κ1) is 14.1. The number of pyridine rings is 1. The number of aromatic nitrogens is 3. The molecule has 0 aliphatic rings. The highest BCUT2D eigenvalue weighted by molar-refractivity contribution is 5.90. The molecule has 0 atom stereocenters. The molecule has 5 nitrogen and oxygen atoms in total. The molecule has 0 bridgehead atoms. The second-order valence-electron chi connectivity index (χ2n) is 5.02. The second-order valence-corrected chi connectivity index (χ2v) is 5.02. The molecular formula is C17H15N3O2. The summed E-state index contributed by atoms with van der Waals surface area (Å²) in [4.78, 5) is 24.6. The summed E-state index contributed by atoms with van der Waals surface area (Å²) >= 11 is 0. The molecule has 22 heavy (non-hydrogen) atoms. The van der Waals surface area contributed by atoms with E-state index in [0.29, 0.717) is 17.1 Å². The predicted octanol–water partition coefficient (Wildman–Crippen LogP) is 3.00. The van der Waals surface area contributed by atoms with Crippen LogP contribution < -0.4 is 0 Å². The van der Waals surface area contributed by atoms with Gasteiger partial charge in [-0.25, -0.2) is 14.8 Å². The van der Waals surface area contributed by atoms with Gasteiger partial charge in [0, 0.05) is 17.8 Å². The molecule has 0 unspecified atom stereocenters. The Morgan fingerprint density at radius 3 is 2.86 bits per heavy atom. The number of nitrogens with zero attached hydrogens (tertiary/aromatic N) is 3. The zero-order chi connectivity index (χ0) is 15.5. The zero-order valence-corrected chi connectivity index (χ0v) is 12.4. The summed E-state index contributed by atoms with van der Waals surface area (Å²) in [7, 11) is 0. The lowest BCUT2D eigenvalue weighted by molar-refractivity contribution is 0.0471. The molecule has 2 aromatic heterocycles. The maximum absolute atomic E-state index is 12.1. The molecule has 3 aromatic rings. The van der Waals surface area contributed by atoms with Crippen molar-refractivity contribution in [2.75, 3.05) is 0 Å². The Hall–Kier alpha value is -2.82. The summed E-state index contributed by atoms with van der Waals surface area (Å²) in [5, 5.41) is 1.02. The van der Waals surface area contributed by atoms with Crippen molar-refractivity contribution in [2.45, 2.75) is 20.5 Å². The molecule has 0 saturated heterocycles. The minimum Gasteiger partial charge on any atom is -0.457 e. The lowest BCUT2D eigenvalue weighted by Gasteiger charge is -2.07. The fourth-order valence-electron chi connectivity index (χ4n) is 2.23. The van der Waals surface area contributed by atoms with Crippen LogP contribution in [0.4, 0.5) is 0 Å². The third-order valence-corrected chi connectivity index (χ3v) is 3.36. The molecule has 3 rings (SSSR count). The zero-order valence-electron chi connectivity index (χ0n) is 12.4. The van der Waals surface area contributed by atoms with Gasteiger partial charge in [-0.05, 0) is 37.6 Å². The molecule has 0 spiro atoms. The van der Waals surface area contributed by atoms with Crippen LogP contribution in [0.15, 0.2) is 42.7 Å². The summed E-state index contributed by atoms with van der Waals surface area (Å²) in [6.45, 7) is 3.76. The molecule has 110 valence electrons. The fraction of sp³-hybridized carbons (Fsp3) is 0.176. The van der Waals surface area contributed by atoms with E-state index in [1.807, 2.05) is 30.3 Å². The van der Waals surface area contributed by atoms with Crippen LogP contribution in [0.5, 0.6) is 0 Å². The summed E-state index contributed by atoms with van der Waals surface area (Å²) in [6, 6.07) is 9.64. The Morgan fingerprint density at radius 1 is 1.18 bits per heavy atom. The van der Waals surface area contributed by atoms with Gasteiger partial charge in [0.1, 0.15) is 12.4 Å². The summed E-state index contributed by atoms with van der Waals surface area (Å²) in [5.74, 6) is 0.222. The van der Waals surface area contributed by atoms with Crippen LogP contribution in [0.2, 0.25) is 0 Å². The summed E-state index contributed by atoms with van der Waals surface area (Å²) in [6.07, 6.45) is 3.26. The van der Waals surface area contributed by atoms with Crippen molar-refractivity contribution in [3.8, 4) is 0 Å². The molecule has 0 fully saturated rings. The third kappa shape index (κ3) is 2.93. The molecule has 0 amide bonds. The standard InChI is InChI=1S/C17H15N3O2/c1-11-15(9-19-12(2)20-11)17(21)22-10-13-5-6-16-14(8-13)4-3-7-18-16/h3-9H,10H2,1-2H3. The van der Waals surface area contributed by atoms with Crippen molar-refractivity contribution in [1.29, 1.82) is 0 Å². The Bertz CT molecular complexity index is 846. The predicted molar refractivity (Wildman–Crippen MR) is 82.4 cm³/mol. The van der Waals surface area contributed by atoms with E-state index >= 15 is 0 Å². The maximum atomic E-state index is 12.1. The quantitative estimate of drug-likeness (QED) is 0.694. The van der Waals surface area contributed by atoms with Gasteiger partial charge < -0.3 is 4.74 Å². The lowest BCUT2D eigenvalue weighted by Crippen LogP contribution is -2.09. The van der Waals surface area contributed by atoms with Crippen molar-refractivity contribution < 1.29 is 9.53 Å². The largest absolute Gasteiger partial charge is 0.457 e. The monoisotopic (exact) mass is 293 g/mol. The van der Waals surface area contributed by atoms with Crippen molar-refractivity contribution >= 4 is 16.9 Å². The minimum absolute atomic E-state index is 0.205. The number of benzene rings is 1. The van der Waals surface area contributed by atoms with Crippen LogP contribution in [0.1, 0.15) is 27.4 Å². The van der Waals surface area contributed by atoms with Crippen molar-refractivity contribution in [1.82, 2.24) is 15.0 Å². The Labute approximate surface area is 128 Å². The summed E-state index contributed by atoms with van der Waals surface area (Å²) in [5.41, 5.74) is 2.85. The number of fused-ring (bicyclic) bond motifs is 1. The molecule has 2 heterocycles. The number of hydrogen-bond acceptors (Lipinski definition) is 5. The highest BCUT2D eigenvalue weighted by atomic mass is 16.5. The van der Waals surface area contributed by atoms with E-state index in [1.165, 1.54) is 6.20 Å². The van der Waals surface area contributed by atoms with Crippen LogP contribution in [-0.2, 0) is 11.3 Å². The SMILES string of the molecule is Cc1ncc(C(=O)OCc2ccc3ncccc3c2)c(C)n1. The molecule has 0 radical (unpaired) electrons. The Morgan fingerprint density at radius 2 is 2.05 bits per heavy atom. The van der Waals surface area contributed by atoms with Gasteiger partial charge in [0.25, 0.3) is 0 Å². The Kier molecular flexibility index (Phi) is 3.78. The minimum atomic E-state index is -0.413. The van der Waals surface area contributed by atoms with Crippen LogP contribution in [-0.4, -0.2) is 20.9 Å². The fourth-order valence-corrected chi connectivity index (χ4v) is 2.23. The normalized spacial score (nSPS) is 10.6. The van der Waals surface area contributed by atoms with Crippen LogP contribution in [0, 0.1) is 13.8 Å². The summed E-state index contributed by atoms with van der Waals surface area (Å²) < 4.78 is 5.34. The van der Waals surface area contributed by atoms with Gasteiger partial charge in [0.2, 0.25) is 0 Å². The molecule has 0 aliphatic carbocycles. The third-order valence-electron chi connectivity index (χ3n) is 3.36. The van der Waals surface area contributed by atoms with E-state index in [2.05, 4.69) is 15.0 Å². The van der Waals surface area contributed by atoms with Crippen molar-refractivity contribution in [3.05, 3.63) is 65.4 Å². The number of carbonyl (C=O) groups is 1. The number of rotatable bonds is 3. The van der Waals surface area contributed by atoms with Gasteiger partial charge >= 0.3 is 5.97 Å². The van der Waals surface area contributed by atoms with Gasteiger partial charge in [0.05, 0.1) is 16.8 Å². The molecule has 0 N–H and O–H groups in total. The molecule has 0 saturated carbocycles. The number of aryl methyl sites for hydroxylation is 2. The molecule has 1 aromatic carbocycles. The molecular weight excluding hydrogens is 278 g/mol. The van der Waals surface area contributed by atoms with Gasteiger partial charge in [0.15, 0.2) is 0 Å². The van der Waals surface area contributed by atoms with E-state index in [1.54, 1.807) is 20.0 Å². The van der Waals surface area contributed by atoms with Crippen LogP contribution in [0.3, 0.4) is 0 Å². The van der Waals surface area contributed by atoms with E-state index in [4.69, 9.17) is 4.74 Å². The maximum Gasteiger partial charge on any atom is 0.341 e. The van der Waals surface area contributed by atoms with Crippen LogP contribution >= 0.6 is 0 Å². The van der Waals surface area contributed by atoms with Crippen molar-refractivity contribution in [2.24, 2.45) is 0 Å². The average molecular weight is 293 g/mol. The first-order valence-corrected chi connectivity index (χ1v) is 6.94. The van der Waals surface area contributed by atoms with Crippen molar-refractivity contribution in [3.63, 3.8) is 0 Å². The highest BCUT2D eigenvalue weighted by Crippen LogP contribution is 2.15. The first-order chi connectivity index (χ1) is 10.6. The smallest absolute Gasteiger partial charge is 0.341 e. The first-order valence-electron chi connectivity index (χ1n) is 6.94. The Balaban J connectivity index is 1.74. The van der Waals surface area contributed by atoms with E-state index in [0.717, 1.165) is 16.5 Å². The topological polar surface area (TPSA) is 65.0 Å². The van der Waals surface area contributed by atoms with E-state index < -0.39 is 5.97 Å². The van der Waals surface area contributed by atoms with Gasteiger partial charge in [-0.3, -0.25) is 4.98 Å². The van der Waals surface area contributed by atoms with Gasteiger partial charge in [-0.15, -0.1) is 0 Å². The number of carbonyl (C=O) groups excluding carboxylic acids is 1. The van der Waals surface area contributed by atoms with Gasteiger partial charge in [-0.2, -0.15) is 0 Å². The van der Waals surface area contributed by atoms with Gasteiger partial charge in [-0.1, -0.05) is 12.1 Å². The number of hydrogen-bond donors (Lipinski definition) is 0. The number of ether oxygens (including phenoxy) is 1. The number of esters is 1. The average Bonchev–Trinajstić information content (AvgIpc) is 2.52. The van der Waals surface area contributed by atoms with E-state index in [9.17, 15) is 4.79 Å². The van der Waals surface area contributed by atoms with E-state index in [-0.39, 0.29) is 6.61 Å². The van der Waals surface area contributed by atoms with Crippen LogP contribution in [0.25, 0.3) is 10.9 Å². The highest BCUT2D eigenvalue weighted by Gasteiger charge is 2.12. The molecule has 0 aliphatic heterocycles. The molecule has 5 heteroatoms. The second kappa shape index (κ2) is 5.89. The lowest BCUT2D eigenvalue weighted by atomic mass is 10.1.